The third-order valence-corrected chi connectivity index (χ3v) is 2.75. The van der Waals surface area contributed by atoms with Gasteiger partial charge in [-0.2, -0.15) is 0 Å². The van der Waals surface area contributed by atoms with E-state index in [1.54, 1.807) is 17.8 Å². The molecule has 0 heterocycles. The first kappa shape index (κ1) is 10.5. The van der Waals surface area contributed by atoms with E-state index in [2.05, 4.69) is 20.8 Å². The molecule has 0 aliphatic heterocycles. The summed E-state index contributed by atoms with van der Waals surface area (Å²) in [6.07, 6.45) is 2.03. The zero-order valence-corrected chi connectivity index (χ0v) is 9.40. The fourth-order valence-electron chi connectivity index (χ4n) is 1.44. The van der Waals surface area contributed by atoms with E-state index in [0.29, 0.717) is 5.75 Å². The quantitative estimate of drug-likeness (QED) is 0.695. The van der Waals surface area contributed by atoms with E-state index < -0.39 is 0 Å². The first-order valence-corrected chi connectivity index (χ1v) is 5.55. The lowest BCUT2D eigenvalue weighted by molar-refractivity contribution is 0.442. The van der Waals surface area contributed by atoms with Crippen LogP contribution in [-0.4, -0.2) is 11.4 Å². The van der Waals surface area contributed by atoms with Crippen LogP contribution < -0.4 is 0 Å². The number of hydrogen-bond donors (Lipinski definition) is 1. The van der Waals surface area contributed by atoms with Crippen molar-refractivity contribution >= 4 is 11.8 Å². The van der Waals surface area contributed by atoms with E-state index in [-0.39, 0.29) is 5.41 Å². The molecule has 0 radical (unpaired) electrons. The van der Waals surface area contributed by atoms with Crippen LogP contribution in [0.1, 0.15) is 26.3 Å². The molecule has 1 nitrogen and oxygen atoms in total. The summed E-state index contributed by atoms with van der Waals surface area (Å²) in [4.78, 5) is 1.16. The summed E-state index contributed by atoms with van der Waals surface area (Å²) in [7, 11) is 0. The normalized spacial score (nSPS) is 11.7. The molecular weight excluding hydrogens is 180 g/mol. The molecule has 0 unspecified atom stereocenters. The average molecular weight is 196 g/mol. The van der Waals surface area contributed by atoms with Gasteiger partial charge in [-0.15, -0.1) is 11.8 Å². The van der Waals surface area contributed by atoms with Crippen molar-refractivity contribution in [3.63, 3.8) is 0 Å². The van der Waals surface area contributed by atoms with E-state index in [0.717, 1.165) is 10.5 Å². The Morgan fingerprint density at radius 2 is 1.85 bits per heavy atom. The van der Waals surface area contributed by atoms with Gasteiger partial charge in [-0.05, 0) is 23.8 Å². The topological polar surface area (TPSA) is 20.2 Å². The van der Waals surface area contributed by atoms with Crippen LogP contribution in [0.3, 0.4) is 0 Å². The molecule has 0 atom stereocenters. The van der Waals surface area contributed by atoms with Crippen molar-refractivity contribution in [2.24, 2.45) is 0 Å². The maximum Gasteiger partial charge on any atom is 0.120 e. The largest absolute Gasteiger partial charge is 0.508 e. The SMILES string of the molecule is CSc1cccc(O)c1C(C)(C)C. The van der Waals surface area contributed by atoms with Gasteiger partial charge in [-0.3, -0.25) is 0 Å². The molecule has 1 rings (SSSR count). The Hall–Kier alpha value is -0.630. The molecule has 0 aliphatic rings. The Morgan fingerprint density at radius 3 is 2.23 bits per heavy atom. The van der Waals surface area contributed by atoms with Crippen molar-refractivity contribution in [1.29, 1.82) is 0 Å². The van der Waals surface area contributed by atoms with Crippen LogP contribution in [0.25, 0.3) is 0 Å². The van der Waals surface area contributed by atoms with Gasteiger partial charge in [0.25, 0.3) is 0 Å². The molecule has 0 saturated carbocycles. The molecule has 0 spiro atoms. The van der Waals surface area contributed by atoms with Crippen molar-refractivity contribution in [2.75, 3.05) is 6.26 Å². The zero-order valence-electron chi connectivity index (χ0n) is 8.59. The lowest BCUT2D eigenvalue weighted by atomic mass is 9.86. The lowest BCUT2D eigenvalue weighted by Gasteiger charge is -2.23. The monoisotopic (exact) mass is 196 g/mol. The molecule has 2 heteroatoms. The summed E-state index contributed by atoms with van der Waals surface area (Å²) < 4.78 is 0. The van der Waals surface area contributed by atoms with Gasteiger partial charge in [-0.25, -0.2) is 0 Å². The second kappa shape index (κ2) is 3.62. The van der Waals surface area contributed by atoms with Crippen LogP contribution in [0.15, 0.2) is 23.1 Å². The highest BCUT2D eigenvalue weighted by Gasteiger charge is 2.21. The van der Waals surface area contributed by atoms with Crippen LogP contribution >= 0.6 is 11.8 Å². The van der Waals surface area contributed by atoms with Crippen molar-refractivity contribution < 1.29 is 5.11 Å². The van der Waals surface area contributed by atoms with Crippen molar-refractivity contribution in [3.05, 3.63) is 23.8 Å². The summed E-state index contributed by atoms with van der Waals surface area (Å²) in [6.45, 7) is 6.34. The molecule has 0 fully saturated rings. The third kappa shape index (κ3) is 2.19. The Labute approximate surface area is 84.2 Å². The number of benzene rings is 1. The molecule has 13 heavy (non-hydrogen) atoms. The maximum absolute atomic E-state index is 9.74. The van der Waals surface area contributed by atoms with Gasteiger partial charge < -0.3 is 5.11 Å². The van der Waals surface area contributed by atoms with Crippen LogP contribution in [0.4, 0.5) is 0 Å². The average Bonchev–Trinajstić information content (AvgIpc) is 2.01. The second-order valence-corrected chi connectivity index (χ2v) is 4.95. The highest BCUT2D eigenvalue weighted by Crippen LogP contribution is 2.37. The number of phenolic OH excluding ortho intramolecular Hbond substituents is 1. The summed E-state index contributed by atoms with van der Waals surface area (Å²) in [5.74, 6) is 0.402. The van der Waals surface area contributed by atoms with Crippen LogP contribution in [-0.2, 0) is 5.41 Å². The van der Waals surface area contributed by atoms with Gasteiger partial charge in [-0.1, -0.05) is 26.8 Å². The predicted molar refractivity (Wildman–Crippen MR) is 58.6 cm³/mol. The number of aromatic hydroxyl groups is 1. The number of thioether (sulfide) groups is 1. The van der Waals surface area contributed by atoms with Crippen LogP contribution in [0, 0.1) is 0 Å². The Kier molecular flexibility index (Phi) is 2.91. The minimum atomic E-state index is 0.00366. The zero-order chi connectivity index (χ0) is 10.1. The highest BCUT2D eigenvalue weighted by atomic mass is 32.2. The Balaban J connectivity index is 3.32. The molecule has 0 saturated heterocycles. The molecule has 0 bridgehead atoms. The minimum absolute atomic E-state index is 0.00366. The third-order valence-electron chi connectivity index (χ3n) is 1.97. The van der Waals surface area contributed by atoms with Crippen molar-refractivity contribution in [1.82, 2.24) is 0 Å². The van der Waals surface area contributed by atoms with Crippen molar-refractivity contribution in [2.45, 2.75) is 31.1 Å². The molecule has 1 aromatic rings. The van der Waals surface area contributed by atoms with E-state index in [1.807, 2.05) is 18.4 Å². The van der Waals surface area contributed by atoms with Gasteiger partial charge in [0.1, 0.15) is 5.75 Å². The molecule has 72 valence electrons. The van der Waals surface area contributed by atoms with Crippen LogP contribution in [0.5, 0.6) is 5.75 Å². The van der Waals surface area contributed by atoms with Crippen molar-refractivity contribution in [3.8, 4) is 5.75 Å². The van der Waals surface area contributed by atoms with Gasteiger partial charge in [0.15, 0.2) is 0 Å². The summed E-state index contributed by atoms with van der Waals surface area (Å²) in [6, 6.07) is 5.68. The number of hydrogen-bond acceptors (Lipinski definition) is 2. The first-order chi connectivity index (χ1) is 5.96. The molecule has 1 N–H and O–H groups in total. The molecule has 0 aromatic heterocycles. The summed E-state index contributed by atoms with van der Waals surface area (Å²) in [5.41, 5.74) is 1.05. The Bertz CT molecular complexity index is 299. The lowest BCUT2D eigenvalue weighted by Crippen LogP contribution is -2.12. The molecule has 0 amide bonds. The van der Waals surface area contributed by atoms with Gasteiger partial charge in [0.05, 0.1) is 0 Å². The Morgan fingerprint density at radius 1 is 1.23 bits per heavy atom. The summed E-state index contributed by atoms with van der Waals surface area (Å²) in [5, 5.41) is 9.74. The standard InChI is InChI=1S/C11H16OS/c1-11(2,3)10-8(12)6-5-7-9(10)13-4/h5-7,12H,1-4H3. The maximum atomic E-state index is 9.74. The molecule has 0 aliphatic carbocycles. The van der Waals surface area contributed by atoms with Gasteiger partial charge in [0.2, 0.25) is 0 Å². The second-order valence-electron chi connectivity index (χ2n) is 4.10. The van der Waals surface area contributed by atoms with Crippen LogP contribution in [0.2, 0.25) is 0 Å². The van der Waals surface area contributed by atoms with E-state index in [1.165, 1.54) is 0 Å². The minimum Gasteiger partial charge on any atom is -0.508 e. The van der Waals surface area contributed by atoms with E-state index >= 15 is 0 Å². The number of rotatable bonds is 1. The van der Waals surface area contributed by atoms with Gasteiger partial charge in [0, 0.05) is 10.5 Å². The highest BCUT2D eigenvalue weighted by molar-refractivity contribution is 7.98. The van der Waals surface area contributed by atoms with E-state index in [9.17, 15) is 5.11 Å². The fraction of sp³-hybridized carbons (Fsp3) is 0.455. The predicted octanol–water partition coefficient (Wildman–Crippen LogP) is 3.41. The number of phenols is 1. The van der Waals surface area contributed by atoms with Gasteiger partial charge >= 0.3 is 0 Å². The molecule has 1 aromatic carbocycles. The fourth-order valence-corrected chi connectivity index (χ4v) is 2.27. The smallest absolute Gasteiger partial charge is 0.120 e. The molecular formula is C11H16OS. The first-order valence-electron chi connectivity index (χ1n) is 4.33. The summed E-state index contributed by atoms with van der Waals surface area (Å²) >= 11 is 1.68. The van der Waals surface area contributed by atoms with E-state index in [4.69, 9.17) is 0 Å².